The molecule has 0 saturated heterocycles. The normalized spacial score (nSPS) is 30.2. The Labute approximate surface area is 226 Å². The molecule has 0 bridgehead atoms. The van der Waals surface area contributed by atoms with Crippen LogP contribution in [0.2, 0.25) is 0 Å². The Kier molecular flexibility index (Phi) is 8.53. The summed E-state index contributed by atoms with van der Waals surface area (Å²) in [5.41, 5.74) is 0. The summed E-state index contributed by atoms with van der Waals surface area (Å²) in [7, 11) is 0. The third-order valence-corrected chi connectivity index (χ3v) is 20.7. The number of hydrogen-bond donors (Lipinski definition) is 0. The Morgan fingerprint density at radius 3 is 0.514 bits per heavy atom. The number of rotatable bonds is 12. The molecule has 0 N–H and O–H groups in total. The van der Waals surface area contributed by atoms with Crippen LogP contribution in [0.1, 0.15) is 154 Å². The first-order valence-corrected chi connectivity index (χ1v) is 21.8. The molecule has 0 atom stereocenters. The van der Waals surface area contributed by atoms with Crippen LogP contribution in [-0.4, -0.2) is 36.6 Å². The minimum absolute atomic E-state index is 0.0287. The molecule has 6 aliphatic rings. The average molecular weight is 604 g/mol. The van der Waals surface area contributed by atoms with Crippen LogP contribution in [0.15, 0.2) is 0 Å². The molecule has 0 aromatic heterocycles. The van der Waals surface area contributed by atoms with Crippen molar-refractivity contribution in [3.8, 4) is 0 Å². The van der Waals surface area contributed by atoms with Gasteiger partial charge in [0.15, 0.2) is 0 Å². The average Bonchev–Trinajstić information content (AvgIpc) is 3.69. The number of hydrogen-bond acceptors (Lipinski definition) is 6. The van der Waals surface area contributed by atoms with Crippen LogP contribution >= 0.6 is 0 Å². The monoisotopic (exact) mass is 603 g/mol. The Hall–Kier alpha value is 0.500. The summed E-state index contributed by atoms with van der Waals surface area (Å²) < 4.78 is 45.4. The Bertz CT molecular complexity index is 564. The molecule has 6 aliphatic carbocycles. The molecule has 0 spiro atoms. The van der Waals surface area contributed by atoms with Crippen LogP contribution in [0.25, 0.3) is 0 Å². The molecule has 6 saturated carbocycles. The molecular weight excluding hydrogens is 549 g/mol. The molecule has 0 amide bonds. The van der Waals surface area contributed by atoms with E-state index in [9.17, 15) is 0 Å². The zero-order valence-corrected chi connectivity index (χ0v) is 25.5. The fraction of sp³-hybridized carbons (Fsp3) is 1.00. The molecule has 0 aromatic rings. The molecule has 0 unspecified atom stereocenters. The van der Waals surface area contributed by atoms with Gasteiger partial charge in [0.1, 0.15) is 0 Å². The van der Waals surface area contributed by atoms with Crippen LogP contribution in [0, 0.1) is 0 Å². The van der Waals surface area contributed by atoms with Gasteiger partial charge in [-0.2, -0.15) is 0 Å². The second kappa shape index (κ2) is 11.4. The van der Waals surface area contributed by atoms with Gasteiger partial charge in [-0.1, -0.05) is 0 Å². The van der Waals surface area contributed by atoms with Crippen molar-refractivity contribution < 1.29 is 36.3 Å². The van der Waals surface area contributed by atoms with Crippen molar-refractivity contribution in [2.24, 2.45) is 0 Å². The van der Waals surface area contributed by atoms with E-state index in [1.54, 1.807) is 0 Å². The zero-order chi connectivity index (χ0) is 25.1. The Balaban J connectivity index is 1.52. The van der Waals surface area contributed by atoms with Crippen molar-refractivity contribution in [2.75, 3.05) is 0 Å². The van der Waals surface area contributed by atoms with Gasteiger partial charge in [-0.05, 0) is 0 Å². The second-order valence-corrected chi connectivity index (χ2v) is 21.8. The van der Waals surface area contributed by atoms with Crippen LogP contribution in [0.3, 0.4) is 0 Å². The fourth-order valence-electron chi connectivity index (χ4n) is 8.16. The van der Waals surface area contributed by atoms with E-state index in [1.165, 1.54) is 77.0 Å². The standard InChI is InChI=1S/6C5H9O.Nb/c6*6-5-3-1-2-4-5;/h6*5H,1-4H2;/q6*-1;+6. The molecule has 7 heteroatoms. The SMILES string of the molecule is C1CCC([O][Nb]([O]C2CCCC2)([O]C2CCCC2)([O]C2CCCC2)([O]C2CCCC2)[O]C2CCCC2)C1. The van der Waals surface area contributed by atoms with Crippen molar-refractivity contribution in [1.82, 2.24) is 0 Å². The van der Waals surface area contributed by atoms with Gasteiger partial charge in [0, 0.05) is 0 Å². The molecule has 0 radical (unpaired) electrons. The molecule has 0 aromatic carbocycles. The van der Waals surface area contributed by atoms with Crippen molar-refractivity contribution in [3.63, 3.8) is 0 Å². The van der Waals surface area contributed by atoms with Crippen LogP contribution in [0.5, 0.6) is 0 Å². The second-order valence-electron chi connectivity index (χ2n) is 13.2. The van der Waals surface area contributed by atoms with Gasteiger partial charge in [-0.15, -0.1) is 0 Å². The first-order valence-electron chi connectivity index (χ1n) is 16.4. The van der Waals surface area contributed by atoms with Crippen molar-refractivity contribution in [2.45, 2.75) is 191 Å². The van der Waals surface area contributed by atoms with Gasteiger partial charge in [0.25, 0.3) is 0 Å². The molecule has 6 nitrogen and oxygen atoms in total. The first-order chi connectivity index (χ1) is 18.1. The maximum absolute atomic E-state index is 7.57. The van der Waals surface area contributed by atoms with Gasteiger partial charge in [-0.25, -0.2) is 0 Å². The minimum atomic E-state index is -6.66. The fourth-order valence-corrected chi connectivity index (χ4v) is 22.1. The first kappa shape index (κ1) is 27.7. The Morgan fingerprint density at radius 1 is 0.243 bits per heavy atom. The molecule has 6 fully saturated rings. The van der Waals surface area contributed by atoms with E-state index >= 15 is 0 Å². The van der Waals surface area contributed by atoms with E-state index in [0.29, 0.717) is 0 Å². The van der Waals surface area contributed by atoms with E-state index in [1.807, 2.05) is 0 Å². The van der Waals surface area contributed by atoms with Crippen LogP contribution < -0.4 is 0 Å². The van der Waals surface area contributed by atoms with Crippen LogP contribution in [-0.2, 0) is 36.3 Å². The van der Waals surface area contributed by atoms with E-state index in [-0.39, 0.29) is 36.6 Å². The summed E-state index contributed by atoms with van der Waals surface area (Å²) in [5, 5.41) is 0. The zero-order valence-electron chi connectivity index (χ0n) is 23.3. The molecule has 0 aliphatic heterocycles. The van der Waals surface area contributed by atoms with E-state index in [4.69, 9.17) is 19.5 Å². The van der Waals surface area contributed by atoms with Crippen molar-refractivity contribution in [3.05, 3.63) is 0 Å². The Morgan fingerprint density at radius 2 is 0.378 bits per heavy atom. The van der Waals surface area contributed by atoms with E-state index in [0.717, 1.165) is 77.0 Å². The maximum atomic E-state index is 7.57. The molecular formula is C30H54NbO6. The van der Waals surface area contributed by atoms with E-state index in [2.05, 4.69) is 0 Å². The van der Waals surface area contributed by atoms with Gasteiger partial charge < -0.3 is 0 Å². The third-order valence-electron chi connectivity index (χ3n) is 10.00. The quantitative estimate of drug-likeness (QED) is 0.209. The summed E-state index contributed by atoms with van der Waals surface area (Å²) in [6.45, 7) is 0. The van der Waals surface area contributed by atoms with Crippen LogP contribution in [0.4, 0.5) is 0 Å². The predicted molar refractivity (Wildman–Crippen MR) is 140 cm³/mol. The van der Waals surface area contributed by atoms with Crippen molar-refractivity contribution in [1.29, 1.82) is 0 Å². The molecule has 37 heavy (non-hydrogen) atoms. The molecule has 6 rings (SSSR count). The van der Waals surface area contributed by atoms with Gasteiger partial charge >= 0.3 is 227 Å². The summed E-state index contributed by atoms with van der Waals surface area (Å²) >= 11 is -6.66. The van der Waals surface area contributed by atoms with Gasteiger partial charge in [0.2, 0.25) is 0 Å². The summed E-state index contributed by atoms with van der Waals surface area (Å²) in [5.74, 6) is 0. The molecule has 215 valence electrons. The van der Waals surface area contributed by atoms with Gasteiger partial charge in [0.05, 0.1) is 0 Å². The predicted octanol–water partition coefficient (Wildman–Crippen LogP) is 8.46. The third kappa shape index (κ3) is 6.08. The van der Waals surface area contributed by atoms with Gasteiger partial charge in [-0.3, -0.25) is 0 Å². The topological polar surface area (TPSA) is 55.4 Å². The summed E-state index contributed by atoms with van der Waals surface area (Å²) in [4.78, 5) is 0. The molecule has 0 heterocycles. The van der Waals surface area contributed by atoms with Crippen molar-refractivity contribution >= 4 is 0 Å². The summed E-state index contributed by atoms with van der Waals surface area (Å²) in [6.07, 6.45) is 26.6. The van der Waals surface area contributed by atoms with E-state index < -0.39 is 16.9 Å². The summed E-state index contributed by atoms with van der Waals surface area (Å²) in [6, 6.07) is 0.